The minimum atomic E-state index is -3.83. The molecule has 0 spiro atoms. The molecule has 0 aliphatic carbocycles. The number of imidazole rings is 1. The van der Waals surface area contributed by atoms with E-state index in [9.17, 15) is 8.42 Å². The van der Waals surface area contributed by atoms with E-state index in [1.807, 2.05) is 30.3 Å². The fourth-order valence-corrected chi connectivity index (χ4v) is 3.59. The third-order valence-corrected chi connectivity index (χ3v) is 4.98. The van der Waals surface area contributed by atoms with Gasteiger partial charge in [0.15, 0.2) is 0 Å². The molecule has 3 aromatic rings. The first-order valence-corrected chi connectivity index (χ1v) is 8.02. The standard InChI is InChI=1S/C14H12ClN3O2S/c1-18-9-16-14(13(18)15)21(19,20)17-12-8-4-6-10-5-2-3-7-11(10)12/h2-9,17H,1H3. The molecule has 0 fully saturated rings. The highest BCUT2D eigenvalue weighted by molar-refractivity contribution is 7.92. The number of aryl methyl sites for hydroxylation is 1. The Kier molecular flexibility index (Phi) is 3.35. The van der Waals surface area contributed by atoms with E-state index < -0.39 is 10.0 Å². The predicted molar refractivity (Wildman–Crippen MR) is 83.0 cm³/mol. The zero-order valence-corrected chi connectivity index (χ0v) is 12.7. The molecule has 0 saturated heterocycles. The first-order chi connectivity index (χ1) is 9.99. The van der Waals surface area contributed by atoms with Crippen molar-refractivity contribution in [2.75, 3.05) is 4.72 Å². The van der Waals surface area contributed by atoms with Crippen molar-refractivity contribution in [2.24, 2.45) is 7.05 Å². The van der Waals surface area contributed by atoms with Gasteiger partial charge in [0.1, 0.15) is 5.15 Å². The quantitative estimate of drug-likeness (QED) is 0.806. The van der Waals surface area contributed by atoms with E-state index >= 15 is 0 Å². The van der Waals surface area contributed by atoms with Gasteiger partial charge in [-0.15, -0.1) is 0 Å². The number of hydrogen-bond acceptors (Lipinski definition) is 3. The molecule has 0 aliphatic rings. The molecule has 0 aliphatic heterocycles. The van der Waals surface area contributed by atoms with Gasteiger partial charge < -0.3 is 4.57 Å². The summed E-state index contributed by atoms with van der Waals surface area (Å²) in [6.45, 7) is 0. The van der Waals surface area contributed by atoms with Crippen LogP contribution in [0.2, 0.25) is 5.15 Å². The normalized spacial score (nSPS) is 11.7. The van der Waals surface area contributed by atoms with Gasteiger partial charge in [0.05, 0.1) is 12.0 Å². The number of anilines is 1. The number of halogens is 1. The van der Waals surface area contributed by atoms with Crippen LogP contribution in [0.5, 0.6) is 0 Å². The van der Waals surface area contributed by atoms with Crippen LogP contribution in [0.4, 0.5) is 5.69 Å². The number of benzene rings is 2. The number of hydrogen-bond donors (Lipinski definition) is 1. The average Bonchev–Trinajstić information content (AvgIpc) is 2.80. The van der Waals surface area contributed by atoms with E-state index in [0.29, 0.717) is 5.69 Å². The summed E-state index contributed by atoms with van der Waals surface area (Å²) in [5, 5.41) is 1.66. The van der Waals surface area contributed by atoms with Gasteiger partial charge in [-0.2, -0.15) is 8.42 Å². The zero-order valence-electron chi connectivity index (χ0n) is 11.1. The highest BCUT2D eigenvalue weighted by atomic mass is 35.5. The second kappa shape index (κ2) is 5.05. The minimum Gasteiger partial charge on any atom is -0.324 e. The summed E-state index contributed by atoms with van der Waals surface area (Å²) in [6, 6.07) is 12.9. The number of sulfonamides is 1. The van der Waals surface area contributed by atoms with Gasteiger partial charge in [-0.25, -0.2) is 4.98 Å². The molecule has 3 rings (SSSR count). The monoisotopic (exact) mass is 321 g/mol. The molecule has 0 saturated carbocycles. The van der Waals surface area contributed by atoms with Crippen molar-refractivity contribution in [1.82, 2.24) is 9.55 Å². The molecule has 5 nitrogen and oxygen atoms in total. The largest absolute Gasteiger partial charge is 0.324 e. The van der Waals surface area contributed by atoms with Gasteiger partial charge in [0, 0.05) is 12.4 Å². The molecular formula is C14H12ClN3O2S. The molecule has 108 valence electrons. The van der Waals surface area contributed by atoms with Crippen LogP contribution in [-0.4, -0.2) is 18.0 Å². The highest BCUT2D eigenvalue weighted by Crippen LogP contribution is 2.27. The van der Waals surface area contributed by atoms with Crippen molar-refractivity contribution in [1.29, 1.82) is 0 Å². The van der Waals surface area contributed by atoms with E-state index in [4.69, 9.17) is 11.6 Å². The molecule has 0 bridgehead atoms. The number of fused-ring (bicyclic) bond motifs is 1. The molecule has 0 amide bonds. The summed E-state index contributed by atoms with van der Waals surface area (Å²) in [6.07, 6.45) is 1.36. The Morgan fingerprint density at radius 1 is 1.14 bits per heavy atom. The molecule has 21 heavy (non-hydrogen) atoms. The van der Waals surface area contributed by atoms with Crippen molar-refractivity contribution in [3.8, 4) is 0 Å². The van der Waals surface area contributed by atoms with E-state index in [0.717, 1.165) is 10.8 Å². The summed E-state index contributed by atoms with van der Waals surface area (Å²) in [7, 11) is -2.20. The van der Waals surface area contributed by atoms with Crippen molar-refractivity contribution in [3.63, 3.8) is 0 Å². The lowest BCUT2D eigenvalue weighted by Crippen LogP contribution is -2.14. The van der Waals surface area contributed by atoms with Crippen LogP contribution in [-0.2, 0) is 17.1 Å². The lowest BCUT2D eigenvalue weighted by Gasteiger charge is -2.09. The zero-order chi connectivity index (χ0) is 15.0. The van der Waals surface area contributed by atoms with Gasteiger partial charge >= 0.3 is 0 Å². The lowest BCUT2D eigenvalue weighted by atomic mass is 10.1. The van der Waals surface area contributed by atoms with Gasteiger partial charge in [0.2, 0.25) is 5.03 Å². The second-order valence-electron chi connectivity index (χ2n) is 4.58. The Bertz CT molecular complexity index is 914. The summed E-state index contributed by atoms with van der Waals surface area (Å²) in [5.41, 5.74) is 0.495. The summed E-state index contributed by atoms with van der Waals surface area (Å²) in [4.78, 5) is 3.84. The van der Waals surface area contributed by atoms with Crippen molar-refractivity contribution >= 4 is 38.1 Å². The number of nitrogens with zero attached hydrogens (tertiary/aromatic N) is 2. The molecule has 2 aromatic carbocycles. The molecule has 0 radical (unpaired) electrons. The van der Waals surface area contributed by atoms with Crippen LogP contribution in [0.25, 0.3) is 10.8 Å². The van der Waals surface area contributed by atoms with E-state index in [2.05, 4.69) is 9.71 Å². The van der Waals surface area contributed by atoms with Crippen LogP contribution in [0.15, 0.2) is 53.8 Å². The molecule has 7 heteroatoms. The summed E-state index contributed by atoms with van der Waals surface area (Å²) in [5.74, 6) is 0. The van der Waals surface area contributed by atoms with E-state index in [-0.39, 0.29) is 10.2 Å². The third-order valence-electron chi connectivity index (χ3n) is 3.12. The van der Waals surface area contributed by atoms with Crippen LogP contribution in [0, 0.1) is 0 Å². The van der Waals surface area contributed by atoms with Gasteiger partial charge in [-0.05, 0) is 11.5 Å². The Balaban J connectivity index is 2.08. The minimum absolute atomic E-state index is 0.0720. The molecule has 0 unspecified atom stereocenters. The first kappa shape index (κ1) is 13.9. The van der Waals surface area contributed by atoms with Crippen LogP contribution >= 0.6 is 11.6 Å². The first-order valence-electron chi connectivity index (χ1n) is 6.16. The molecule has 0 atom stereocenters. The van der Waals surface area contributed by atoms with Gasteiger partial charge in [0.25, 0.3) is 10.0 Å². The summed E-state index contributed by atoms with van der Waals surface area (Å²) >= 11 is 5.96. The van der Waals surface area contributed by atoms with Crippen LogP contribution in [0.1, 0.15) is 0 Å². The van der Waals surface area contributed by atoms with Crippen LogP contribution < -0.4 is 4.72 Å². The average molecular weight is 322 g/mol. The smallest absolute Gasteiger partial charge is 0.282 e. The van der Waals surface area contributed by atoms with Gasteiger partial charge in [-0.1, -0.05) is 48.0 Å². The third kappa shape index (κ3) is 2.48. The maximum atomic E-state index is 12.4. The Labute approximate surface area is 127 Å². The molecule has 1 heterocycles. The second-order valence-corrected chi connectivity index (χ2v) is 6.54. The van der Waals surface area contributed by atoms with Gasteiger partial charge in [-0.3, -0.25) is 4.72 Å². The van der Waals surface area contributed by atoms with Crippen molar-refractivity contribution in [3.05, 3.63) is 53.9 Å². The molecular weight excluding hydrogens is 310 g/mol. The molecule has 1 N–H and O–H groups in total. The highest BCUT2D eigenvalue weighted by Gasteiger charge is 2.22. The fourth-order valence-electron chi connectivity index (χ4n) is 2.08. The molecule has 1 aromatic heterocycles. The SMILES string of the molecule is Cn1cnc(S(=O)(=O)Nc2cccc3ccccc23)c1Cl. The Hall–Kier alpha value is -2.05. The Morgan fingerprint density at radius 2 is 1.86 bits per heavy atom. The van der Waals surface area contributed by atoms with Crippen molar-refractivity contribution < 1.29 is 8.42 Å². The Morgan fingerprint density at radius 3 is 2.57 bits per heavy atom. The lowest BCUT2D eigenvalue weighted by molar-refractivity contribution is 0.598. The number of aromatic nitrogens is 2. The van der Waals surface area contributed by atoms with E-state index in [1.165, 1.54) is 10.9 Å². The maximum absolute atomic E-state index is 12.4. The fraction of sp³-hybridized carbons (Fsp3) is 0.0714. The van der Waals surface area contributed by atoms with Crippen molar-refractivity contribution in [2.45, 2.75) is 5.03 Å². The van der Waals surface area contributed by atoms with Crippen LogP contribution in [0.3, 0.4) is 0 Å². The number of nitrogens with one attached hydrogen (secondary N) is 1. The van der Waals surface area contributed by atoms with E-state index in [1.54, 1.807) is 19.2 Å². The number of rotatable bonds is 3. The predicted octanol–water partition coefficient (Wildman–Crippen LogP) is 3.03. The summed E-state index contributed by atoms with van der Waals surface area (Å²) < 4.78 is 28.8. The topological polar surface area (TPSA) is 64.0 Å². The maximum Gasteiger partial charge on any atom is 0.282 e.